The molecule has 5 heteroatoms. The molecule has 5 aromatic heterocycles. The summed E-state index contributed by atoms with van der Waals surface area (Å²) in [7, 11) is 0. The molecule has 0 aliphatic rings. The van der Waals surface area contributed by atoms with Crippen LogP contribution < -0.4 is 0 Å². The number of hydrogen-bond acceptors (Lipinski definition) is 4. The van der Waals surface area contributed by atoms with E-state index in [1.54, 1.807) is 0 Å². The van der Waals surface area contributed by atoms with Crippen LogP contribution in [0.5, 0.6) is 0 Å². The second-order valence-corrected chi connectivity index (χ2v) is 11.9. The van der Waals surface area contributed by atoms with Crippen molar-refractivity contribution in [2.75, 3.05) is 0 Å². The lowest BCUT2D eigenvalue weighted by atomic mass is 9.87. The maximum absolute atomic E-state index is 5.20. The summed E-state index contributed by atoms with van der Waals surface area (Å²) in [6.07, 6.45) is 5.55. The highest BCUT2D eigenvalue weighted by Crippen LogP contribution is 2.44. The summed E-state index contributed by atoms with van der Waals surface area (Å²) in [6.45, 7) is 0. The van der Waals surface area contributed by atoms with Gasteiger partial charge in [-0.15, -0.1) is 0 Å². The smallest absolute Gasteiger partial charge is 0.146 e. The van der Waals surface area contributed by atoms with Gasteiger partial charge in [-0.2, -0.15) is 0 Å². The van der Waals surface area contributed by atoms with Crippen molar-refractivity contribution in [1.29, 1.82) is 0 Å². The molecule has 0 atom stereocenters. The molecule has 0 saturated carbocycles. The molecule has 0 spiro atoms. The van der Waals surface area contributed by atoms with Crippen LogP contribution in [-0.4, -0.2) is 24.5 Å². The van der Waals surface area contributed by atoms with E-state index in [1.165, 1.54) is 27.1 Å². The van der Waals surface area contributed by atoms with Gasteiger partial charge in [0.1, 0.15) is 11.5 Å². The van der Waals surface area contributed by atoms with E-state index < -0.39 is 0 Å². The Morgan fingerprint density at radius 3 is 1.83 bits per heavy atom. The van der Waals surface area contributed by atoms with Crippen molar-refractivity contribution in [3.05, 3.63) is 152 Å². The minimum atomic E-state index is 0.817. The second kappa shape index (κ2) is 10.0. The molecule has 218 valence electrons. The first kappa shape index (κ1) is 25.8. The molecule has 0 aliphatic carbocycles. The summed E-state index contributed by atoms with van der Waals surface area (Å²) in [5.41, 5.74) is 8.21. The van der Waals surface area contributed by atoms with Crippen LogP contribution in [0.3, 0.4) is 0 Å². The molecule has 0 fully saturated rings. The molecular formula is C42H25N5. The highest BCUT2D eigenvalue weighted by Gasteiger charge is 2.20. The Kier molecular flexibility index (Phi) is 5.51. The van der Waals surface area contributed by atoms with E-state index >= 15 is 0 Å². The fourth-order valence-corrected chi connectivity index (χ4v) is 7.30. The molecule has 0 amide bonds. The van der Waals surface area contributed by atoms with E-state index in [4.69, 9.17) is 15.0 Å². The van der Waals surface area contributed by atoms with Crippen LogP contribution in [0.4, 0.5) is 0 Å². The molecule has 0 bridgehead atoms. The predicted molar refractivity (Wildman–Crippen MR) is 193 cm³/mol. The molecule has 5 nitrogen and oxygen atoms in total. The number of pyridine rings is 4. The zero-order valence-corrected chi connectivity index (χ0v) is 25.2. The normalized spacial score (nSPS) is 11.8. The Hall–Kier alpha value is -6.46. The zero-order valence-electron chi connectivity index (χ0n) is 25.2. The van der Waals surface area contributed by atoms with Gasteiger partial charge < -0.3 is 0 Å². The fourth-order valence-electron chi connectivity index (χ4n) is 7.30. The number of aromatic nitrogens is 5. The van der Waals surface area contributed by atoms with Crippen LogP contribution in [0.15, 0.2) is 152 Å². The van der Waals surface area contributed by atoms with Gasteiger partial charge in [-0.3, -0.25) is 14.5 Å². The quantitative estimate of drug-likeness (QED) is 0.150. The minimum Gasteiger partial charge on any atom is -0.278 e. The molecule has 47 heavy (non-hydrogen) atoms. The van der Waals surface area contributed by atoms with E-state index in [-0.39, 0.29) is 0 Å². The van der Waals surface area contributed by atoms with Crippen molar-refractivity contribution in [1.82, 2.24) is 24.5 Å². The standard InChI is InChI=1S/C42H25N5/c1-3-12-31-29(10-1)38(30-11-2-4-13-32(30)39(31)35-15-5-6-22-43-35)28-18-20-36-34(25-28)33-14-8-24-45-42(33)47(36)37-21-19-27-17-16-26-9-7-23-44-40(26)41(27)46-37/h1-25H. The summed E-state index contributed by atoms with van der Waals surface area (Å²) >= 11 is 0. The summed E-state index contributed by atoms with van der Waals surface area (Å²) < 4.78 is 2.18. The first-order valence-electron chi connectivity index (χ1n) is 15.7. The molecule has 0 radical (unpaired) electrons. The fraction of sp³-hybridized carbons (Fsp3) is 0. The van der Waals surface area contributed by atoms with Gasteiger partial charge >= 0.3 is 0 Å². The van der Waals surface area contributed by atoms with Gasteiger partial charge in [-0.25, -0.2) is 9.97 Å². The first-order chi connectivity index (χ1) is 23.3. The summed E-state index contributed by atoms with van der Waals surface area (Å²) in [6, 6.07) is 46.9. The third-order valence-corrected chi connectivity index (χ3v) is 9.31. The maximum atomic E-state index is 5.20. The van der Waals surface area contributed by atoms with Crippen molar-refractivity contribution in [2.45, 2.75) is 0 Å². The van der Waals surface area contributed by atoms with Crippen LogP contribution in [0.25, 0.3) is 93.5 Å². The summed E-state index contributed by atoms with van der Waals surface area (Å²) in [5.74, 6) is 0.817. The number of benzene rings is 5. The molecular weight excluding hydrogens is 574 g/mol. The Balaban J connectivity index is 1.26. The number of hydrogen-bond donors (Lipinski definition) is 0. The highest BCUT2D eigenvalue weighted by molar-refractivity contribution is 6.22. The molecule has 0 unspecified atom stereocenters. The molecule has 0 N–H and O–H groups in total. The van der Waals surface area contributed by atoms with Crippen molar-refractivity contribution < 1.29 is 0 Å². The third kappa shape index (κ3) is 3.83. The van der Waals surface area contributed by atoms with Crippen LogP contribution in [0.2, 0.25) is 0 Å². The molecule has 10 rings (SSSR count). The largest absolute Gasteiger partial charge is 0.278 e. The van der Waals surface area contributed by atoms with Gasteiger partial charge in [0.05, 0.1) is 22.2 Å². The topological polar surface area (TPSA) is 56.5 Å². The van der Waals surface area contributed by atoms with Crippen LogP contribution >= 0.6 is 0 Å². The SMILES string of the molecule is c1ccc(-c2c3ccccc3c(-c3ccc4c(c3)c3cccnc3n4-c3ccc4ccc5cccnc5c4n3)c3ccccc23)nc1. The van der Waals surface area contributed by atoms with Gasteiger partial charge in [0, 0.05) is 45.7 Å². The number of nitrogens with zero attached hydrogens (tertiary/aromatic N) is 5. The predicted octanol–water partition coefficient (Wildman–Crippen LogP) is 10.3. The van der Waals surface area contributed by atoms with Gasteiger partial charge in [-0.05, 0) is 87.3 Å². The Morgan fingerprint density at radius 2 is 1.06 bits per heavy atom. The molecule has 5 aromatic carbocycles. The van der Waals surface area contributed by atoms with Gasteiger partial charge in [0.25, 0.3) is 0 Å². The average Bonchev–Trinajstić information content (AvgIpc) is 3.47. The van der Waals surface area contributed by atoms with E-state index in [1.807, 2.05) is 36.8 Å². The van der Waals surface area contributed by atoms with Crippen molar-refractivity contribution in [3.63, 3.8) is 0 Å². The molecule has 0 saturated heterocycles. The summed E-state index contributed by atoms with van der Waals surface area (Å²) in [4.78, 5) is 19.5. The summed E-state index contributed by atoms with van der Waals surface area (Å²) in [5, 5.41) is 9.11. The highest BCUT2D eigenvalue weighted by atomic mass is 15.1. The van der Waals surface area contributed by atoms with E-state index in [0.29, 0.717) is 0 Å². The Labute approximate surface area is 269 Å². The Bertz CT molecular complexity index is 2800. The Morgan fingerprint density at radius 1 is 0.426 bits per heavy atom. The number of fused-ring (bicyclic) bond motifs is 8. The van der Waals surface area contributed by atoms with E-state index in [9.17, 15) is 0 Å². The molecule has 10 aromatic rings. The first-order valence-corrected chi connectivity index (χ1v) is 15.7. The minimum absolute atomic E-state index is 0.817. The van der Waals surface area contributed by atoms with E-state index in [2.05, 4.69) is 125 Å². The zero-order chi connectivity index (χ0) is 30.9. The lowest BCUT2D eigenvalue weighted by Gasteiger charge is -2.17. The molecule has 5 heterocycles. The van der Waals surface area contributed by atoms with Crippen LogP contribution in [0.1, 0.15) is 0 Å². The van der Waals surface area contributed by atoms with Gasteiger partial charge in [0.2, 0.25) is 0 Å². The second-order valence-electron chi connectivity index (χ2n) is 11.9. The van der Waals surface area contributed by atoms with Crippen LogP contribution in [-0.2, 0) is 0 Å². The monoisotopic (exact) mass is 599 g/mol. The van der Waals surface area contributed by atoms with Crippen LogP contribution in [0, 0.1) is 0 Å². The van der Waals surface area contributed by atoms with Crippen molar-refractivity contribution in [2.24, 2.45) is 0 Å². The van der Waals surface area contributed by atoms with Gasteiger partial charge in [-0.1, -0.05) is 78.9 Å². The number of rotatable bonds is 3. The molecule has 0 aliphatic heterocycles. The third-order valence-electron chi connectivity index (χ3n) is 9.31. The average molecular weight is 600 g/mol. The maximum Gasteiger partial charge on any atom is 0.146 e. The van der Waals surface area contributed by atoms with Crippen molar-refractivity contribution >= 4 is 65.3 Å². The van der Waals surface area contributed by atoms with Gasteiger partial charge in [0.15, 0.2) is 0 Å². The van der Waals surface area contributed by atoms with Crippen molar-refractivity contribution in [3.8, 4) is 28.2 Å². The van der Waals surface area contributed by atoms with E-state index in [0.717, 1.165) is 66.4 Å². The lowest BCUT2D eigenvalue weighted by Crippen LogP contribution is -1.99. The lowest BCUT2D eigenvalue weighted by molar-refractivity contribution is 1.07.